The Hall–Kier alpha value is -1.85. The SMILES string of the molecule is COC(=O)CC(O)CSCCc1c(C)cc(C)cc1-c1ccc(F)c(C)c1. The quantitative estimate of drug-likeness (QED) is 0.528. The van der Waals surface area contributed by atoms with Gasteiger partial charge in [0.1, 0.15) is 5.82 Å². The minimum atomic E-state index is -0.694. The minimum Gasteiger partial charge on any atom is -0.469 e. The van der Waals surface area contributed by atoms with Crippen LogP contribution in [0.25, 0.3) is 11.1 Å². The number of aryl methyl sites for hydroxylation is 3. The van der Waals surface area contributed by atoms with E-state index in [0.717, 1.165) is 23.3 Å². The molecule has 0 saturated carbocycles. The number of ether oxygens (including phenoxy) is 1. The van der Waals surface area contributed by atoms with E-state index >= 15 is 0 Å². The van der Waals surface area contributed by atoms with Crippen molar-refractivity contribution in [2.75, 3.05) is 18.6 Å². The lowest BCUT2D eigenvalue weighted by atomic mass is 9.91. The predicted octanol–water partition coefficient (Wildman–Crippen LogP) is 4.62. The summed E-state index contributed by atoms with van der Waals surface area (Å²) >= 11 is 1.61. The molecule has 0 heterocycles. The van der Waals surface area contributed by atoms with Gasteiger partial charge in [0.15, 0.2) is 0 Å². The van der Waals surface area contributed by atoms with Gasteiger partial charge in [0.25, 0.3) is 0 Å². The van der Waals surface area contributed by atoms with Crippen LogP contribution in [0.2, 0.25) is 0 Å². The first-order chi connectivity index (χ1) is 12.8. The van der Waals surface area contributed by atoms with E-state index < -0.39 is 12.1 Å². The average Bonchev–Trinajstić information content (AvgIpc) is 2.61. The zero-order chi connectivity index (χ0) is 20.0. The molecule has 0 aliphatic heterocycles. The zero-order valence-electron chi connectivity index (χ0n) is 16.3. The van der Waals surface area contributed by atoms with Gasteiger partial charge in [0.2, 0.25) is 0 Å². The molecule has 0 aliphatic rings. The fourth-order valence-electron chi connectivity index (χ4n) is 3.13. The number of hydrogen-bond donors (Lipinski definition) is 1. The highest BCUT2D eigenvalue weighted by Crippen LogP contribution is 2.30. The van der Waals surface area contributed by atoms with E-state index in [2.05, 4.69) is 30.7 Å². The van der Waals surface area contributed by atoms with Gasteiger partial charge >= 0.3 is 5.97 Å². The smallest absolute Gasteiger partial charge is 0.308 e. The van der Waals surface area contributed by atoms with Gasteiger partial charge in [-0.05, 0) is 72.9 Å². The molecule has 0 spiro atoms. The summed E-state index contributed by atoms with van der Waals surface area (Å²) in [5.41, 5.74) is 6.41. The Labute approximate surface area is 164 Å². The molecule has 0 amide bonds. The molecular formula is C22H27FO3S. The molecular weight excluding hydrogens is 363 g/mol. The van der Waals surface area contributed by atoms with E-state index in [4.69, 9.17) is 0 Å². The third kappa shape index (κ3) is 6.08. The Bertz CT molecular complexity index is 804. The second-order valence-electron chi connectivity index (χ2n) is 6.83. The molecule has 2 aromatic carbocycles. The molecule has 0 saturated heterocycles. The van der Waals surface area contributed by atoms with E-state index in [0.29, 0.717) is 11.3 Å². The highest BCUT2D eigenvalue weighted by Gasteiger charge is 2.13. The monoisotopic (exact) mass is 390 g/mol. The van der Waals surface area contributed by atoms with E-state index in [9.17, 15) is 14.3 Å². The van der Waals surface area contributed by atoms with Crippen molar-refractivity contribution in [2.45, 2.75) is 39.7 Å². The van der Waals surface area contributed by atoms with Crippen molar-refractivity contribution in [2.24, 2.45) is 0 Å². The second-order valence-corrected chi connectivity index (χ2v) is 7.98. The van der Waals surface area contributed by atoms with Crippen LogP contribution in [0.15, 0.2) is 30.3 Å². The fraction of sp³-hybridized carbons (Fsp3) is 0.409. The van der Waals surface area contributed by atoms with Crippen LogP contribution < -0.4 is 0 Å². The molecule has 0 fully saturated rings. The van der Waals surface area contributed by atoms with E-state index in [1.807, 2.05) is 12.1 Å². The van der Waals surface area contributed by atoms with Gasteiger partial charge in [-0.1, -0.05) is 23.8 Å². The van der Waals surface area contributed by atoms with E-state index in [1.165, 1.54) is 29.9 Å². The number of carbonyl (C=O) groups excluding carboxylic acids is 1. The van der Waals surface area contributed by atoms with Crippen molar-refractivity contribution < 1.29 is 19.0 Å². The van der Waals surface area contributed by atoms with Crippen LogP contribution in [0.4, 0.5) is 4.39 Å². The lowest BCUT2D eigenvalue weighted by molar-refractivity contribution is -0.142. The topological polar surface area (TPSA) is 46.5 Å². The van der Waals surface area contributed by atoms with Crippen molar-refractivity contribution in [3.63, 3.8) is 0 Å². The Balaban J connectivity index is 2.10. The molecule has 5 heteroatoms. The molecule has 27 heavy (non-hydrogen) atoms. The maximum absolute atomic E-state index is 13.7. The third-order valence-electron chi connectivity index (χ3n) is 4.52. The molecule has 146 valence electrons. The average molecular weight is 391 g/mol. The van der Waals surface area contributed by atoms with Crippen LogP contribution in [0, 0.1) is 26.6 Å². The molecule has 0 aromatic heterocycles. The van der Waals surface area contributed by atoms with Gasteiger partial charge < -0.3 is 9.84 Å². The summed E-state index contributed by atoms with van der Waals surface area (Å²) < 4.78 is 18.2. The lowest BCUT2D eigenvalue weighted by Crippen LogP contribution is -2.17. The number of halogens is 1. The molecule has 1 N–H and O–H groups in total. The van der Waals surface area contributed by atoms with E-state index in [1.54, 1.807) is 18.7 Å². The summed E-state index contributed by atoms with van der Waals surface area (Å²) in [5.74, 6) is 0.728. The summed E-state index contributed by atoms with van der Waals surface area (Å²) in [6.07, 6.45) is 0.168. The molecule has 2 aromatic rings. The van der Waals surface area contributed by atoms with Crippen molar-refractivity contribution in [1.29, 1.82) is 0 Å². The number of aliphatic hydroxyl groups excluding tert-OH is 1. The molecule has 2 rings (SSSR count). The van der Waals surface area contributed by atoms with Gasteiger partial charge in [-0.15, -0.1) is 0 Å². The van der Waals surface area contributed by atoms with Crippen LogP contribution in [-0.4, -0.2) is 35.8 Å². The Morgan fingerprint density at radius 1 is 1.19 bits per heavy atom. The summed E-state index contributed by atoms with van der Waals surface area (Å²) in [5, 5.41) is 9.87. The largest absolute Gasteiger partial charge is 0.469 e. The maximum atomic E-state index is 13.7. The zero-order valence-corrected chi connectivity index (χ0v) is 17.2. The van der Waals surface area contributed by atoms with Crippen molar-refractivity contribution in [3.05, 3.63) is 58.4 Å². The summed E-state index contributed by atoms with van der Waals surface area (Å²) in [6.45, 7) is 5.94. The van der Waals surface area contributed by atoms with Crippen molar-refractivity contribution in [1.82, 2.24) is 0 Å². The maximum Gasteiger partial charge on any atom is 0.308 e. The first kappa shape index (κ1) is 21.5. The fourth-order valence-corrected chi connectivity index (χ4v) is 4.03. The molecule has 1 atom stereocenters. The standard InChI is InChI=1S/C22H27FO3S/c1-14-9-15(2)19(7-8-27-13-18(24)12-22(25)26-4)20(10-14)17-5-6-21(23)16(3)11-17/h5-6,9-11,18,24H,7-8,12-13H2,1-4H3. The lowest BCUT2D eigenvalue weighted by Gasteiger charge is -2.16. The van der Waals surface area contributed by atoms with Gasteiger partial charge in [-0.2, -0.15) is 11.8 Å². The Morgan fingerprint density at radius 2 is 1.93 bits per heavy atom. The summed E-state index contributed by atoms with van der Waals surface area (Å²) in [4.78, 5) is 11.2. The van der Waals surface area contributed by atoms with E-state index in [-0.39, 0.29) is 12.2 Å². The van der Waals surface area contributed by atoms with Gasteiger partial charge in [-0.25, -0.2) is 4.39 Å². The minimum absolute atomic E-state index is 0.0210. The Morgan fingerprint density at radius 3 is 2.59 bits per heavy atom. The molecule has 0 bridgehead atoms. The molecule has 3 nitrogen and oxygen atoms in total. The van der Waals surface area contributed by atoms with Gasteiger partial charge in [0.05, 0.1) is 19.6 Å². The normalized spacial score (nSPS) is 12.1. The van der Waals surface area contributed by atoms with Crippen LogP contribution in [0.1, 0.15) is 28.7 Å². The third-order valence-corrected chi connectivity index (χ3v) is 5.64. The summed E-state index contributed by atoms with van der Waals surface area (Å²) in [7, 11) is 1.32. The summed E-state index contributed by atoms with van der Waals surface area (Å²) in [6, 6.07) is 9.54. The number of aliphatic hydroxyl groups is 1. The second kappa shape index (κ2) is 9.90. The van der Waals surface area contributed by atoms with Crippen LogP contribution in [-0.2, 0) is 16.0 Å². The highest BCUT2D eigenvalue weighted by atomic mass is 32.2. The number of carbonyl (C=O) groups is 1. The number of esters is 1. The number of methoxy groups -OCH3 is 1. The Kier molecular flexibility index (Phi) is 7.87. The number of rotatable bonds is 8. The van der Waals surface area contributed by atoms with Crippen molar-refractivity contribution in [3.8, 4) is 11.1 Å². The van der Waals surface area contributed by atoms with Crippen LogP contribution >= 0.6 is 11.8 Å². The number of thioether (sulfide) groups is 1. The molecule has 1 unspecified atom stereocenters. The number of benzene rings is 2. The van der Waals surface area contributed by atoms with Gasteiger partial charge in [-0.3, -0.25) is 4.79 Å². The van der Waals surface area contributed by atoms with Crippen molar-refractivity contribution >= 4 is 17.7 Å². The molecule has 0 radical (unpaired) electrons. The van der Waals surface area contributed by atoms with Crippen LogP contribution in [0.5, 0.6) is 0 Å². The first-order valence-corrected chi connectivity index (χ1v) is 10.2. The highest BCUT2D eigenvalue weighted by molar-refractivity contribution is 7.99. The van der Waals surface area contributed by atoms with Crippen LogP contribution in [0.3, 0.4) is 0 Å². The molecule has 0 aliphatic carbocycles. The predicted molar refractivity (Wildman–Crippen MR) is 110 cm³/mol. The first-order valence-electron chi connectivity index (χ1n) is 9.01. The van der Waals surface area contributed by atoms with Gasteiger partial charge in [0, 0.05) is 5.75 Å². The number of hydrogen-bond acceptors (Lipinski definition) is 4.